The fourth-order valence-electron chi connectivity index (χ4n) is 4.63. The molecule has 1 N–H and O–H groups in total. The second-order valence-corrected chi connectivity index (χ2v) is 8.58. The first-order valence-corrected chi connectivity index (χ1v) is 9.69. The van der Waals surface area contributed by atoms with Gasteiger partial charge in [0.25, 0.3) is 0 Å². The third-order valence-electron chi connectivity index (χ3n) is 6.46. The van der Waals surface area contributed by atoms with E-state index in [0.29, 0.717) is 11.3 Å². The molecule has 1 amide bonds. The van der Waals surface area contributed by atoms with E-state index in [0.717, 1.165) is 43.5 Å². The molecule has 0 bridgehead atoms. The number of benzene rings is 1. The van der Waals surface area contributed by atoms with Crippen molar-refractivity contribution in [3.05, 3.63) is 34.3 Å². The van der Waals surface area contributed by atoms with E-state index in [4.69, 9.17) is 0 Å². The number of halogens is 1. The highest BCUT2D eigenvalue weighted by Gasteiger charge is 2.49. The highest BCUT2D eigenvalue weighted by Crippen LogP contribution is 2.47. The predicted octanol–water partition coefficient (Wildman–Crippen LogP) is 3.47. The van der Waals surface area contributed by atoms with Crippen molar-refractivity contribution in [1.29, 1.82) is 0 Å². The summed E-state index contributed by atoms with van der Waals surface area (Å²) < 4.78 is 1.08. The molecule has 4 rings (SSSR count). The summed E-state index contributed by atoms with van der Waals surface area (Å²) in [6.45, 7) is 4.18. The number of nitrogens with zero attached hydrogens (tertiary/aromatic N) is 1. The number of rotatable bonds is 2. The highest BCUT2D eigenvalue weighted by molar-refractivity contribution is 9.10. The summed E-state index contributed by atoms with van der Waals surface area (Å²) in [4.78, 5) is 15.4. The summed E-state index contributed by atoms with van der Waals surface area (Å²) >= 11 is 3.50. The summed E-state index contributed by atoms with van der Waals surface area (Å²) in [5, 5.41) is 3.50. The number of piperidine rings is 1. The topological polar surface area (TPSA) is 32.3 Å². The molecule has 0 unspecified atom stereocenters. The van der Waals surface area contributed by atoms with Crippen molar-refractivity contribution >= 4 is 21.8 Å². The van der Waals surface area contributed by atoms with Crippen LogP contribution >= 0.6 is 15.9 Å². The second-order valence-electron chi connectivity index (χ2n) is 7.66. The third-order valence-corrected chi connectivity index (χ3v) is 6.99. The maximum absolute atomic E-state index is 13.3. The van der Waals surface area contributed by atoms with Crippen LogP contribution in [-0.4, -0.2) is 37.0 Å². The lowest BCUT2D eigenvalue weighted by Crippen LogP contribution is -2.54. The molecule has 1 aliphatic carbocycles. The zero-order valence-corrected chi connectivity index (χ0v) is 15.2. The lowest BCUT2D eigenvalue weighted by atomic mass is 9.63. The standard InChI is InChI=1S/C19H25BrN2O/c20-16-4-2-15(3-5-16)19(6-1-7-19)17(23)22-12-9-18(10-13-22)8-11-21-14-18/h2-5,21H,1,6-14H2. The Morgan fingerprint density at radius 1 is 1.04 bits per heavy atom. The molecule has 23 heavy (non-hydrogen) atoms. The van der Waals surface area contributed by atoms with Crippen LogP contribution in [0.15, 0.2) is 28.7 Å². The van der Waals surface area contributed by atoms with Crippen LogP contribution < -0.4 is 5.32 Å². The van der Waals surface area contributed by atoms with Gasteiger partial charge in [0.05, 0.1) is 5.41 Å². The minimum absolute atomic E-state index is 0.237. The van der Waals surface area contributed by atoms with E-state index in [1.807, 2.05) is 0 Å². The van der Waals surface area contributed by atoms with E-state index in [-0.39, 0.29) is 5.41 Å². The minimum Gasteiger partial charge on any atom is -0.342 e. The van der Waals surface area contributed by atoms with Gasteiger partial charge in [0, 0.05) is 24.1 Å². The van der Waals surface area contributed by atoms with E-state index in [1.54, 1.807) is 0 Å². The van der Waals surface area contributed by atoms with Gasteiger partial charge in [-0.25, -0.2) is 0 Å². The Bertz CT molecular complexity index is 578. The van der Waals surface area contributed by atoms with Crippen LogP contribution in [0.25, 0.3) is 0 Å². The number of carbonyl (C=O) groups is 1. The molecule has 1 aromatic rings. The Kier molecular flexibility index (Phi) is 4.01. The number of nitrogens with one attached hydrogen (secondary N) is 1. The average Bonchev–Trinajstić information content (AvgIpc) is 2.97. The summed E-state index contributed by atoms with van der Waals surface area (Å²) in [6.07, 6.45) is 6.81. The van der Waals surface area contributed by atoms with Crippen molar-refractivity contribution in [2.75, 3.05) is 26.2 Å². The lowest BCUT2D eigenvalue weighted by Gasteiger charge is -2.47. The van der Waals surface area contributed by atoms with Crippen LogP contribution in [0.2, 0.25) is 0 Å². The molecule has 2 saturated heterocycles. The largest absolute Gasteiger partial charge is 0.342 e. The molecule has 0 aromatic heterocycles. The number of carbonyl (C=O) groups excluding carboxylic acids is 1. The molecule has 2 aliphatic heterocycles. The molecule has 4 heteroatoms. The summed E-state index contributed by atoms with van der Waals surface area (Å²) in [5.74, 6) is 0.381. The highest BCUT2D eigenvalue weighted by atomic mass is 79.9. The Balaban J connectivity index is 1.50. The molecular weight excluding hydrogens is 352 g/mol. The van der Waals surface area contributed by atoms with Gasteiger partial charge in [0.15, 0.2) is 0 Å². The maximum Gasteiger partial charge on any atom is 0.233 e. The second kappa shape index (κ2) is 5.89. The molecule has 0 atom stereocenters. The normalized spacial score (nSPS) is 25.3. The van der Waals surface area contributed by atoms with Crippen LogP contribution in [0.4, 0.5) is 0 Å². The molecule has 3 fully saturated rings. The van der Waals surface area contributed by atoms with Crippen molar-refractivity contribution in [3.8, 4) is 0 Å². The smallest absolute Gasteiger partial charge is 0.233 e. The predicted molar refractivity (Wildman–Crippen MR) is 95.4 cm³/mol. The van der Waals surface area contributed by atoms with Crippen LogP contribution in [-0.2, 0) is 10.2 Å². The molecule has 3 nitrogen and oxygen atoms in total. The van der Waals surface area contributed by atoms with Crippen molar-refractivity contribution < 1.29 is 4.79 Å². The van der Waals surface area contributed by atoms with Crippen LogP contribution in [0.5, 0.6) is 0 Å². The first kappa shape index (κ1) is 15.6. The molecule has 0 radical (unpaired) electrons. The summed E-state index contributed by atoms with van der Waals surface area (Å²) in [7, 11) is 0. The van der Waals surface area contributed by atoms with E-state index >= 15 is 0 Å². The van der Waals surface area contributed by atoms with Gasteiger partial charge < -0.3 is 10.2 Å². The van der Waals surface area contributed by atoms with E-state index < -0.39 is 0 Å². The fraction of sp³-hybridized carbons (Fsp3) is 0.632. The Labute approximate surface area is 146 Å². The van der Waals surface area contributed by atoms with Gasteiger partial charge in [0.1, 0.15) is 0 Å². The van der Waals surface area contributed by atoms with Gasteiger partial charge in [-0.05, 0) is 61.8 Å². The zero-order valence-electron chi connectivity index (χ0n) is 13.6. The summed E-state index contributed by atoms with van der Waals surface area (Å²) in [5.41, 5.74) is 1.44. The first-order chi connectivity index (χ1) is 11.1. The van der Waals surface area contributed by atoms with Crippen LogP contribution in [0, 0.1) is 5.41 Å². The number of amides is 1. The van der Waals surface area contributed by atoms with Gasteiger partial charge in [0.2, 0.25) is 5.91 Å². The van der Waals surface area contributed by atoms with Gasteiger partial charge in [-0.15, -0.1) is 0 Å². The SMILES string of the molecule is O=C(N1CCC2(CCNC2)CC1)C1(c2ccc(Br)cc2)CCC1. The molecule has 2 heterocycles. The van der Waals surface area contributed by atoms with Crippen molar-refractivity contribution in [2.45, 2.75) is 43.9 Å². The molecule has 1 spiro atoms. The Morgan fingerprint density at radius 2 is 1.74 bits per heavy atom. The fourth-order valence-corrected chi connectivity index (χ4v) is 4.90. The minimum atomic E-state index is -0.237. The molecule has 1 saturated carbocycles. The number of hydrogen-bond donors (Lipinski definition) is 1. The van der Waals surface area contributed by atoms with E-state index in [9.17, 15) is 4.79 Å². The average molecular weight is 377 g/mol. The van der Waals surface area contributed by atoms with Gasteiger partial charge in [-0.3, -0.25) is 4.79 Å². The Hall–Kier alpha value is -0.870. The molecule has 3 aliphatic rings. The van der Waals surface area contributed by atoms with Gasteiger partial charge in [-0.1, -0.05) is 34.5 Å². The van der Waals surface area contributed by atoms with Crippen molar-refractivity contribution in [1.82, 2.24) is 10.2 Å². The van der Waals surface area contributed by atoms with Crippen LogP contribution in [0.1, 0.15) is 44.1 Å². The van der Waals surface area contributed by atoms with Crippen molar-refractivity contribution in [3.63, 3.8) is 0 Å². The van der Waals surface area contributed by atoms with Gasteiger partial charge >= 0.3 is 0 Å². The quantitative estimate of drug-likeness (QED) is 0.856. The van der Waals surface area contributed by atoms with E-state index in [2.05, 4.69) is 50.4 Å². The molecule has 1 aromatic carbocycles. The van der Waals surface area contributed by atoms with Gasteiger partial charge in [-0.2, -0.15) is 0 Å². The summed E-state index contributed by atoms with van der Waals surface area (Å²) in [6, 6.07) is 8.40. The van der Waals surface area contributed by atoms with Crippen molar-refractivity contribution in [2.24, 2.45) is 5.41 Å². The lowest BCUT2D eigenvalue weighted by molar-refractivity contribution is -0.143. The van der Waals surface area contributed by atoms with E-state index in [1.165, 1.54) is 31.2 Å². The molecule has 124 valence electrons. The Morgan fingerprint density at radius 3 is 2.26 bits per heavy atom. The molecular formula is C19H25BrN2O. The number of hydrogen-bond acceptors (Lipinski definition) is 2. The number of likely N-dealkylation sites (tertiary alicyclic amines) is 1. The van der Waals surface area contributed by atoms with Crippen LogP contribution in [0.3, 0.4) is 0 Å². The monoisotopic (exact) mass is 376 g/mol. The first-order valence-electron chi connectivity index (χ1n) is 8.90. The zero-order chi connectivity index (χ0) is 15.9. The third kappa shape index (κ3) is 2.64. The maximum atomic E-state index is 13.3.